The van der Waals surface area contributed by atoms with Crippen molar-refractivity contribution in [2.45, 2.75) is 90.4 Å². The standard InChI is InChI=1S/C21H35NO3/c1-4-5-6-7-8-9-10-18-11-13-19(14-12-18)15-16-21(3,20(24)25)22-17(2)23/h11-14,20,24-25H,4-10,15-16H2,1-3H3,(H,22,23). The largest absolute Gasteiger partial charge is 0.366 e. The molecular formula is C21H35NO3. The van der Waals surface area contributed by atoms with Crippen molar-refractivity contribution in [1.82, 2.24) is 5.32 Å². The third kappa shape index (κ3) is 8.50. The lowest BCUT2D eigenvalue weighted by atomic mass is 9.92. The zero-order valence-electron chi connectivity index (χ0n) is 16.1. The van der Waals surface area contributed by atoms with Gasteiger partial charge in [0.05, 0.1) is 5.54 Å². The van der Waals surface area contributed by atoms with Gasteiger partial charge < -0.3 is 15.5 Å². The molecule has 0 saturated carbocycles. The minimum Gasteiger partial charge on any atom is -0.366 e. The number of aliphatic hydroxyl groups is 2. The number of unbranched alkanes of at least 4 members (excludes halogenated alkanes) is 5. The first-order valence-electron chi connectivity index (χ1n) is 9.60. The van der Waals surface area contributed by atoms with Gasteiger partial charge in [-0.15, -0.1) is 0 Å². The summed E-state index contributed by atoms with van der Waals surface area (Å²) in [5, 5.41) is 21.8. The van der Waals surface area contributed by atoms with Gasteiger partial charge in [0.2, 0.25) is 5.91 Å². The fourth-order valence-electron chi connectivity index (χ4n) is 3.04. The highest BCUT2D eigenvalue weighted by Crippen LogP contribution is 2.18. The molecule has 3 N–H and O–H groups in total. The van der Waals surface area contributed by atoms with Crippen molar-refractivity contribution < 1.29 is 15.0 Å². The third-order valence-corrected chi connectivity index (χ3v) is 4.81. The van der Waals surface area contributed by atoms with Gasteiger partial charge in [-0.3, -0.25) is 4.79 Å². The van der Waals surface area contributed by atoms with Crippen LogP contribution in [0.15, 0.2) is 24.3 Å². The van der Waals surface area contributed by atoms with Crippen LogP contribution in [-0.2, 0) is 17.6 Å². The number of hydrogen-bond acceptors (Lipinski definition) is 3. The van der Waals surface area contributed by atoms with E-state index in [2.05, 4.69) is 36.5 Å². The van der Waals surface area contributed by atoms with Crippen LogP contribution in [0, 0.1) is 0 Å². The van der Waals surface area contributed by atoms with E-state index in [0.29, 0.717) is 12.8 Å². The average Bonchev–Trinajstić information content (AvgIpc) is 2.56. The lowest BCUT2D eigenvalue weighted by molar-refractivity contribution is -0.134. The maximum atomic E-state index is 11.3. The molecule has 1 unspecified atom stereocenters. The van der Waals surface area contributed by atoms with Gasteiger partial charge in [0, 0.05) is 6.92 Å². The number of rotatable bonds is 12. The minimum absolute atomic E-state index is 0.259. The van der Waals surface area contributed by atoms with Crippen LogP contribution in [0.4, 0.5) is 0 Å². The molecule has 1 amide bonds. The molecule has 4 nitrogen and oxygen atoms in total. The number of amides is 1. The molecule has 0 heterocycles. The number of aryl methyl sites for hydroxylation is 2. The Morgan fingerprint density at radius 1 is 1.00 bits per heavy atom. The molecule has 0 radical (unpaired) electrons. The molecule has 0 aliphatic heterocycles. The van der Waals surface area contributed by atoms with Crippen molar-refractivity contribution in [3.05, 3.63) is 35.4 Å². The molecule has 1 aromatic rings. The van der Waals surface area contributed by atoms with E-state index >= 15 is 0 Å². The van der Waals surface area contributed by atoms with Crippen molar-refractivity contribution in [2.24, 2.45) is 0 Å². The summed E-state index contributed by atoms with van der Waals surface area (Å²) >= 11 is 0. The summed E-state index contributed by atoms with van der Waals surface area (Å²) in [4.78, 5) is 11.3. The summed E-state index contributed by atoms with van der Waals surface area (Å²) in [6, 6.07) is 8.52. The minimum atomic E-state index is -1.58. The van der Waals surface area contributed by atoms with E-state index in [-0.39, 0.29) is 5.91 Å². The summed E-state index contributed by atoms with van der Waals surface area (Å²) in [7, 11) is 0. The summed E-state index contributed by atoms with van der Waals surface area (Å²) in [5.41, 5.74) is 1.47. The predicted octanol–water partition coefficient (Wildman–Crippen LogP) is 3.73. The summed E-state index contributed by atoms with van der Waals surface area (Å²) < 4.78 is 0. The maximum Gasteiger partial charge on any atom is 0.217 e. The van der Waals surface area contributed by atoms with Gasteiger partial charge in [0.25, 0.3) is 0 Å². The Morgan fingerprint density at radius 3 is 2.04 bits per heavy atom. The van der Waals surface area contributed by atoms with Gasteiger partial charge >= 0.3 is 0 Å². The molecule has 0 aliphatic rings. The molecule has 0 fully saturated rings. The quantitative estimate of drug-likeness (QED) is 0.398. The maximum absolute atomic E-state index is 11.3. The number of nitrogens with one attached hydrogen (secondary N) is 1. The van der Waals surface area contributed by atoms with Crippen molar-refractivity contribution in [1.29, 1.82) is 0 Å². The SMILES string of the molecule is CCCCCCCCc1ccc(CCC(C)(NC(C)=O)C(O)O)cc1. The summed E-state index contributed by atoms with van der Waals surface area (Å²) in [6.45, 7) is 5.28. The van der Waals surface area contributed by atoms with Crippen LogP contribution in [-0.4, -0.2) is 27.9 Å². The molecule has 0 saturated heterocycles. The highest BCUT2D eigenvalue weighted by Gasteiger charge is 2.32. The second-order valence-corrected chi connectivity index (χ2v) is 7.31. The Labute approximate surface area is 152 Å². The van der Waals surface area contributed by atoms with Crippen molar-refractivity contribution in [3.8, 4) is 0 Å². The Hall–Kier alpha value is -1.39. The van der Waals surface area contributed by atoms with E-state index < -0.39 is 11.8 Å². The van der Waals surface area contributed by atoms with E-state index in [9.17, 15) is 15.0 Å². The molecule has 142 valence electrons. The Kier molecular flexibility index (Phi) is 9.76. The van der Waals surface area contributed by atoms with Gasteiger partial charge in [0.1, 0.15) is 0 Å². The van der Waals surface area contributed by atoms with Crippen LogP contribution in [0.2, 0.25) is 0 Å². The Morgan fingerprint density at radius 2 is 1.52 bits per heavy atom. The second kappa shape index (κ2) is 11.3. The highest BCUT2D eigenvalue weighted by molar-refractivity contribution is 5.73. The molecule has 0 aromatic heterocycles. The van der Waals surface area contributed by atoms with Gasteiger partial charge in [-0.05, 0) is 43.7 Å². The average molecular weight is 350 g/mol. The molecule has 0 spiro atoms. The normalized spacial score (nSPS) is 13.7. The molecule has 0 bridgehead atoms. The second-order valence-electron chi connectivity index (χ2n) is 7.31. The van der Waals surface area contributed by atoms with Crippen molar-refractivity contribution in [3.63, 3.8) is 0 Å². The van der Waals surface area contributed by atoms with Gasteiger partial charge in [-0.1, -0.05) is 63.3 Å². The zero-order chi connectivity index (χ0) is 18.7. The van der Waals surface area contributed by atoms with Crippen LogP contribution in [0.25, 0.3) is 0 Å². The van der Waals surface area contributed by atoms with E-state index in [1.54, 1.807) is 6.92 Å². The van der Waals surface area contributed by atoms with E-state index in [1.165, 1.54) is 51.0 Å². The molecule has 25 heavy (non-hydrogen) atoms. The molecule has 1 aromatic carbocycles. The van der Waals surface area contributed by atoms with Crippen LogP contribution in [0.5, 0.6) is 0 Å². The number of hydrogen-bond donors (Lipinski definition) is 3. The smallest absolute Gasteiger partial charge is 0.217 e. The molecule has 4 heteroatoms. The highest BCUT2D eigenvalue weighted by atomic mass is 16.5. The van der Waals surface area contributed by atoms with E-state index in [4.69, 9.17) is 0 Å². The number of carbonyl (C=O) groups excluding carboxylic acids is 1. The number of aliphatic hydroxyl groups excluding tert-OH is 1. The summed E-state index contributed by atoms with van der Waals surface area (Å²) in [5.74, 6) is -0.259. The van der Waals surface area contributed by atoms with E-state index in [0.717, 1.165) is 12.0 Å². The Bertz CT molecular complexity index is 498. The van der Waals surface area contributed by atoms with Crippen molar-refractivity contribution in [2.75, 3.05) is 0 Å². The van der Waals surface area contributed by atoms with Gasteiger partial charge in [-0.2, -0.15) is 0 Å². The fraction of sp³-hybridized carbons (Fsp3) is 0.667. The summed E-state index contributed by atoms with van der Waals surface area (Å²) in [6.07, 6.45) is 8.54. The van der Waals surface area contributed by atoms with Crippen molar-refractivity contribution >= 4 is 5.91 Å². The first kappa shape index (κ1) is 21.7. The predicted molar refractivity (Wildman–Crippen MR) is 102 cm³/mol. The lowest BCUT2D eigenvalue weighted by Gasteiger charge is -2.32. The van der Waals surface area contributed by atoms with Crippen LogP contribution < -0.4 is 5.32 Å². The monoisotopic (exact) mass is 349 g/mol. The molecular weight excluding hydrogens is 314 g/mol. The van der Waals surface area contributed by atoms with E-state index in [1.807, 2.05) is 0 Å². The van der Waals surface area contributed by atoms with Crippen LogP contribution in [0.1, 0.15) is 76.8 Å². The number of carbonyl (C=O) groups is 1. The number of benzene rings is 1. The van der Waals surface area contributed by atoms with Crippen LogP contribution >= 0.6 is 0 Å². The lowest BCUT2D eigenvalue weighted by Crippen LogP contribution is -2.54. The van der Waals surface area contributed by atoms with Crippen LogP contribution in [0.3, 0.4) is 0 Å². The Balaban J connectivity index is 2.41. The molecule has 1 rings (SSSR count). The first-order valence-corrected chi connectivity index (χ1v) is 9.60. The molecule has 1 atom stereocenters. The van der Waals surface area contributed by atoms with Gasteiger partial charge in [-0.25, -0.2) is 0 Å². The fourth-order valence-corrected chi connectivity index (χ4v) is 3.04. The third-order valence-electron chi connectivity index (χ3n) is 4.81. The van der Waals surface area contributed by atoms with Gasteiger partial charge in [0.15, 0.2) is 6.29 Å². The zero-order valence-corrected chi connectivity index (χ0v) is 16.1. The topological polar surface area (TPSA) is 69.6 Å². The first-order chi connectivity index (χ1) is 11.9. The molecule has 0 aliphatic carbocycles.